The molecule has 128 valence electrons. The lowest BCUT2D eigenvalue weighted by molar-refractivity contribution is -0.428. The minimum Gasteiger partial charge on any atom is -0.454 e. The van der Waals surface area contributed by atoms with Gasteiger partial charge in [0.15, 0.2) is 29.5 Å². The quantitative estimate of drug-likeness (QED) is 0.671. The molecule has 7 nitrogen and oxygen atoms in total. The van der Waals surface area contributed by atoms with E-state index in [4.69, 9.17) is 18.9 Å². The van der Waals surface area contributed by atoms with Crippen molar-refractivity contribution < 1.29 is 33.1 Å². The number of hydrogen-bond acceptors (Lipinski definition) is 6. The topological polar surface area (TPSA) is 74.1 Å². The molecule has 2 aromatic carbocycles. The van der Waals surface area contributed by atoms with E-state index >= 15 is 0 Å². The highest BCUT2D eigenvalue weighted by Gasteiger charge is 2.47. The number of rotatable bonds is 0. The van der Waals surface area contributed by atoms with Crippen LogP contribution >= 0.6 is 0 Å². The number of hydrogen-bond donors (Lipinski definition) is 0. The molecule has 0 unspecified atom stereocenters. The van der Waals surface area contributed by atoms with Crippen LogP contribution in [0.2, 0.25) is 0 Å². The highest BCUT2D eigenvalue weighted by molar-refractivity contribution is 6.53. The van der Waals surface area contributed by atoms with E-state index in [0.29, 0.717) is 47.2 Å². The van der Waals surface area contributed by atoms with E-state index in [9.17, 15) is 9.59 Å². The molecule has 4 heterocycles. The maximum Gasteiger partial charge on any atom is 0.424 e. The number of ketones is 1. The van der Waals surface area contributed by atoms with E-state index in [1.165, 1.54) is 4.58 Å². The van der Waals surface area contributed by atoms with Crippen LogP contribution in [-0.2, 0) is 6.42 Å². The predicted octanol–water partition coefficient (Wildman–Crippen LogP) is 1.54. The van der Waals surface area contributed by atoms with Gasteiger partial charge in [-0.15, -0.1) is 0 Å². The van der Waals surface area contributed by atoms with E-state index < -0.39 is 0 Å². The zero-order valence-electron chi connectivity index (χ0n) is 13.5. The highest BCUT2D eigenvalue weighted by Crippen LogP contribution is 2.42. The first kappa shape index (κ1) is 13.9. The molecule has 1 amide bonds. The summed E-state index contributed by atoms with van der Waals surface area (Å²) in [5, 5.41) is 0. The van der Waals surface area contributed by atoms with Gasteiger partial charge in [-0.3, -0.25) is 4.79 Å². The third-order valence-corrected chi connectivity index (χ3v) is 5.19. The number of carbonyl (C=O) groups is 2. The molecule has 0 spiro atoms. The second kappa shape index (κ2) is 4.63. The summed E-state index contributed by atoms with van der Waals surface area (Å²) < 4.78 is 23.2. The minimum absolute atomic E-state index is 0.0517. The van der Waals surface area contributed by atoms with Gasteiger partial charge in [-0.1, -0.05) is 0 Å². The lowest BCUT2D eigenvalue weighted by atomic mass is 9.86. The van der Waals surface area contributed by atoms with Gasteiger partial charge in [0, 0.05) is 6.42 Å². The molecular weight excluding hydrogens is 338 g/mol. The van der Waals surface area contributed by atoms with E-state index in [-0.39, 0.29) is 30.8 Å². The molecule has 2 aromatic rings. The number of carbonyl (C=O) groups excluding carboxylic acids is 2. The Balaban J connectivity index is 1.59. The lowest BCUT2D eigenvalue weighted by Crippen LogP contribution is -2.43. The second-order valence-electron chi connectivity index (χ2n) is 6.47. The first-order chi connectivity index (χ1) is 12.7. The van der Waals surface area contributed by atoms with Crippen molar-refractivity contribution in [3.05, 3.63) is 46.5 Å². The Hall–Kier alpha value is -3.35. The number of fused-ring (bicyclic) bond motifs is 6. The van der Waals surface area contributed by atoms with Crippen LogP contribution in [-0.4, -0.2) is 42.1 Å². The summed E-state index contributed by atoms with van der Waals surface area (Å²) in [5.41, 5.74) is 2.72. The zero-order chi connectivity index (χ0) is 17.4. The average molecular weight is 350 g/mol. The van der Waals surface area contributed by atoms with Crippen LogP contribution in [0, 0.1) is 0 Å². The van der Waals surface area contributed by atoms with Gasteiger partial charge >= 0.3 is 5.91 Å². The Morgan fingerprint density at radius 3 is 2.50 bits per heavy atom. The number of benzene rings is 2. The Morgan fingerprint density at radius 2 is 1.62 bits per heavy atom. The molecule has 0 atom stereocenters. The van der Waals surface area contributed by atoms with Crippen LogP contribution in [0.3, 0.4) is 0 Å². The normalized spacial score (nSPS) is 18.6. The molecule has 4 aliphatic heterocycles. The van der Waals surface area contributed by atoms with Gasteiger partial charge in [-0.2, -0.15) is 4.58 Å². The van der Waals surface area contributed by atoms with Crippen LogP contribution < -0.4 is 18.9 Å². The van der Waals surface area contributed by atoms with Crippen molar-refractivity contribution >= 4 is 17.4 Å². The standard InChI is InChI=1S/C19H12NO6/c21-17-10-1-2-12-18(26-8-23-12)15(10)19(22)20-4-3-9-5-13-14(25-7-24-13)6-11(9)16(17)20/h1-2,5-6H,3-4,7-8H2/q+1. The van der Waals surface area contributed by atoms with Crippen molar-refractivity contribution in [2.75, 3.05) is 20.1 Å². The molecule has 0 fully saturated rings. The van der Waals surface area contributed by atoms with Crippen LogP contribution in [0.15, 0.2) is 24.3 Å². The fourth-order valence-corrected chi connectivity index (χ4v) is 3.99. The summed E-state index contributed by atoms with van der Waals surface area (Å²) in [6.07, 6.45) is 0.635. The lowest BCUT2D eigenvalue weighted by Gasteiger charge is -2.21. The van der Waals surface area contributed by atoms with Gasteiger partial charge in [-0.25, -0.2) is 4.79 Å². The molecule has 26 heavy (non-hydrogen) atoms. The van der Waals surface area contributed by atoms with Crippen molar-refractivity contribution in [3.63, 3.8) is 0 Å². The molecule has 0 radical (unpaired) electrons. The number of nitrogens with zero attached hydrogens (tertiary/aromatic N) is 1. The first-order valence-corrected chi connectivity index (χ1v) is 8.31. The molecule has 0 aromatic heterocycles. The summed E-state index contributed by atoms with van der Waals surface area (Å²) in [6, 6.07) is 7.00. The highest BCUT2D eigenvalue weighted by atomic mass is 16.7. The average Bonchev–Trinajstić information content (AvgIpc) is 3.31. The number of ether oxygens (including phenoxy) is 4. The Bertz CT molecular complexity index is 1080. The smallest absolute Gasteiger partial charge is 0.424 e. The summed E-state index contributed by atoms with van der Waals surface area (Å²) in [4.78, 5) is 26.4. The van der Waals surface area contributed by atoms with Crippen LogP contribution in [0.4, 0.5) is 0 Å². The predicted molar refractivity (Wildman–Crippen MR) is 86.7 cm³/mol. The van der Waals surface area contributed by atoms with E-state index in [1.54, 1.807) is 18.2 Å². The van der Waals surface area contributed by atoms with Gasteiger partial charge < -0.3 is 18.9 Å². The summed E-state index contributed by atoms with van der Waals surface area (Å²) in [5.74, 6) is 1.69. The van der Waals surface area contributed by atoms with Crippen molar-refractivity contribution in [3.8, 4) is 23.0 Å². The largest absolute Gasteiger partial charge is 0.454 e. The van der Waals surface area contributed by atoms with Gasteiger partial charge in [0.05, 0.1) is 11.1 Å². The Labute approximate surface area is 147 Å². The second-order valence-corrected chi connectivity index (χ2v) is 6.47. The van der Waals surface area contributed by atoms with Gasteiger partial charge in [0.25, 0.3) is 11.5 Å². The molecular formula is C19H12NO6+. The molecule has 0 saturated carbocycles. The fraction of sp³-hybridized carbons (Fsp3) is 0.211. The molecule has 0 N–H and O–H groups in total. The number of amides is 1. The van der Waals surface area contributed by atoms with E-state index in [0.717, 1.165) is 11.1 Å². The maximum absolute atomic E-state index is 13.3. The zero-order valence-corrected chi connectivity index (χ0v) is 13.5. The van der Waals surface area contributed by atoms with Crippen LogP contribution in [0.25, 0.3) is 0 Å². The van der Waals surface area contributed by atoms with Crippen molar-refractivity contribution in [1.29, 1.82) is 0 Å². The Morgan fingerprint density at radius 1 is 0.846 bits per heavy atom. The molecule has 0 bridgehead atoms. The molecule has 4 aliphatic rings. The van der Waals surface area contributed by atoms with Crippen molar-refractivity contribution in [2.45, 2.75) is 6.42 Å². The maximum atomic E-state index is 13.3. The molecule has 7 heteroatoms. The van der Waals surface area contributed by atoms with Crippen molar-refractivity contribution in [2.24, 2.45) is 0 Å². The molecule has 0 saturated heterocycles. The van der Waals surface area contributed by atoms with Crippen LogP contribution in [0.1, 0.15) is 31.8 Å². The summed E-state index contributed by atoms with van der Waals surface area (Å²) in [7, 11) is 0. The minimum atomic E-state index is -0.236. The van der Waals surface area contributed by atoms with Crippen molar-refractivity contribution in [1.82, 2.24) is 0 Å². The third-order valence-electron chi connectivity index (χ3n) is 5.19. The van der Waals surface area contributed by atoms with Gasteiger partial charge in [0.2, 0.25) is 13.6 Å². The summed E-state index contributed by atoms with van der Waals surface area (Å²) in [6.45, 7) is 0.642. The van der Waals surface area contributed by atoms with E-state index in [1.807, 2.05) is 6.07 Å². The number of Topliss-reactive ketones (excluding diaryl/α,β-unsaturated/α-hetero) is 1. The van der Waals surface area contributed by atoms with E-state index in [2.05, 4.69) is 0 Å². The molecule has 6 rings (SSSR count). The van der Waals surface area contributed by atoms with Gasteiger partial charge in [-0.05, 0) is 29.8 Å². The fourth-order valence-electron chi connectivity index (χ4n) is 3.99. The Kier molecular flexibility index (Phi) is 2.47. The van der Waals surface area contributed by atoms with Gasteiger partial charge in [0.1, 0.15) is 5.56 Å². The SMILES string of the molecule is O=C1C2=[N+](CCc3cc4c(cc32)OCO4)C(=O)c2c1ccc1c2OCO1. The first-order valence-electron chi connectivity index (χ1n) is 8.31. The third kappa shape index (κ3) is 1.60. The molecule has 0 aliphatic carbocycles. The summed E-state index contributed by atoms with van der Waals surface area (Å²) >= 11 is 0. The van der Waals surface area contributed by atoms with Crippen LogP contribution in [0.5, 0.6) is 23.0 Å². The monoisotopic (exact) mass is 350 g/mol.